The summed E-state index contributed by atoms with van der Waals surface area (Å²) in [5.74, 6) is -0.251. The third kappa shape index (κ3) is 2.29. The van der Waals surface area contributed by atoms with Crippen LogP contribution in [0.25, 0.3) is 11.0 Å². The molecule has 0 radical (unpaired) electrons. The van der Waals surface area contributed by atoms with E-state index >= 15 is 0 Å². The predicted molar refractivity (Wildman–Crippen MR) is 77.3 cm³/mol. The van der Waals surface area contributed by atoms with E-state index in [1.807, 2.05) is 13.0 Å². The molecular formula is C17H13FO3. The summed E-state index contributed by atoms with van der Waals surface area (Å²) < 4.78 is 24.2. The molecule has 106 valence electrons. The van der Waals surface area contributed by atoms with Crippen molar-refractivity contribution in [3.63, 3.8) is 0 Å². The molecule has 0 N–H and O–H groups in total. The van der Waals surface area contributed by atoms with Gasteiger partial charge in [0.1, 0.15) is 5.75 Å². The summed E-state index contributed by atoms with van der Waals surface area (Å²) in [6.45, 7) is 1.88. The van der Waals surface area contributed by atoms with Gasteiger partial charge in [-0.2, -0.15) is 0 Å². The molecule has 0 aliphatic rings. The van der Waals surface area contributed by atoms with Crippen molar-refractivity contribution in [2.75, 3.05) is 7.11 Å². The molecule has 0 spiro atoms. The number of fused-ring (bicyclic) bond motifs is 1. The fourth-order valence-corrected chi connectivity index (χ4v) is 2.27. The van der Waals surface area contributed by atoms with Gasteiger partial charge in [0.15, 0.2) is 17.2 Å². The minimum Gasteiger partial charge on any atom is -0.496 e. The van der Waals surface area contributed by atoms with E-state index in [2.05, 4.69) is 0 Å². The van der Waals surface area contributed by atoms with E-state index in [4.69, 9.17) is 9.15 Å². The van der Waals surface area contributed by atoms with Crippen LogP contribution >= 0.6 is 0 Å². The van der Waals surface area contributed by atoms with Crippen LogP contribution in [0.5, 0.6) is 5.75 Å². The number of furan rings is 1. The quantitative estimate of drug-likeness (QED) is 0.679. The highest BCUT2D eigenvalue weighted by Gasteiger charge is 2.19. The number of ketones is 1. The van der Waals surface area contributed by atoms with Gasteiger partial charge < -0.3 is 9.15 Å². The zero-order valence-corrected chi connectivity index (χ0v) is 11.6. The van der Waals surface area contributed by atoms with Gasteiger partial charge in [0.25, 0.3) is 0 Å². The molecule has 3 rings (SSSR count). The molecule has 1 heterocycles. The Morgan fingerprint density at radius 2 is 2.00 bits per heavy atom. The molecule has 0 atom stereocenters. The number of hydrogen-bond donors (Lipinski definition) is 0. The molecule has 0 fully saturated rings. The fraction of sp³-hybridized carbons (Fsp3) is 0.118. The minimum atomic E-state index is -0.484. The normalized spacial score (nSPS) is 10.8. The molecule has 0 saturated carbocycles. The van der Waals surface area contributed by atoms with E-state index in [-0.39, 0.29) is 17.1 Å². The number of aryl methyl sites for hydroxylation is 1. The van der Waals surface area contributed by atoms with Crippen LogP contribution in [0.15, 0.2) is 46.9 Å². The molecule has 21 heavy (non-hydrogen) atoms. The Balaban J connectivity index is 2.12. The summed E-state index contributed by atoms with van der Waals surface area (Å²) in [7, 11) is 1.50. The number of benzene rings is 2. The second-order valence-electron chi connectivity index (χ2n) is 4.80. The number of ether oxygens (including phenoxy) is 1. The molecule has 0 saturated heterocycles. The van der Waals surface area contributed by atoms with Gasteiger partial charge in [-0.15, -0.1) is 0 Å². The molecule has 3 aromatic rings. The van der Waals surface area contributed by atoms with Crippen molar-refractivity contribution in [2.24, 2.45) is 0 Å². The maximum atomic E-state index is 13.6. The minimum absolute atomic E-state index is 0.0902. The van der Waals surface area contributed by atoms with Gasteiger partial charge in [0.2, 0.25) is 5.78 Å². The molecule has 0 unspecified atom stereocenters. The smallest absolute Gasteiger partial charge is 0.231 e. The summed E-state index contributed by atoms with van der Waals surface area (Å²) in [5, 5.41) is 0.560. The second kappa shape index (κ2) is 5.05. The first-order valence-corrected chi connectivity index (χ1v) is 6.47. The monoisotopic (exact) mass is 284 g/mol. The highest BCUT2D eigenvalue weighted by Crippen LogP contribution is 2.27. The van der Waals surface area contributed by atoms with Crippen LogP contribution in [-0.4, -0.2) is 12.9 Å². The number of halogens is 1. The van der Waals surface area contributed by atoms with Crippen molar-refractivity contribution < 1.29 is 18.3 Å². The lowest BCUT2D eigenvalue weighted by molar-refractivity contribution is 0.101. The zero-order chi connectivity index (χ0) is 15.0. The van der Waals surface area contributed by atoms with E-state index < -0.39 is 5.82 Å². The Morgan fingerprint density at radius 3 is 2.71 bits per heavy atom. The predicted octanol–water partition coefficient (Wildman–Crippen LogP) is 4.12. The van der Waals surface area contributed by atoms with Crippen LogP contribution in [0.4, 0.5) is 4.39 Å². The topological polar surface area (TPSA) is 39.4 Å². The summed E-state index contributed by atoms with van der Waals surface area (Å²) in [6.07, 6.45) is 0. The zero-order valence-electron chi connectivity index (χ0n) is 11.6. The third-order valence-corrected chi connectivity index (χ3v) is 3.32. The molecule has 2 aromatic carbocycles. The van der Waals surface area contributed by atoms with Gasteiger partial charge in [-0.05, 0) is 31.2 Å². The standard InChI is InChI=1S/C17H13FO3/c1-10-6-7-14(20-2)12(8-10)16(19)15-9-11-4-3-5-13(18)17(11)21-15/h3-9H,1-2H3. The largest absolute Gasteiger partial charge is 0.496 e. The number of hydrogen-bond acceptors (Lipinski definition) is 3. The Kier molecular flexibility index (Phi) is 3.22. The number of methoxy groups -OCH3 is 1. The van der Waals surface area contributed by atoms with E-state index in [0.717, 1.165) is 5.56 Å². The lowest BCUT2D eigenvalue weighted by Crippen LogP contribution is -2.03. The van der Waals surface area contributed by atoms with Crippen molar-refractivity contribution >= 4 is 16.8 Å². The number of rotatable bonds is 3. The first-order chi connectivity index (χ1) is 10.1. The van der Waals surface area contributed by atoms with Crippen LogP contribution in [0.1, 0.15) is 21.7 Å². The van der Waals surface area contributed by atoms with Gasteiger partial charge in [-0.25, -0.2) is 4.39 Å². The Hall–Kier alpha value is -2.62. The van der Waals surface area contributed by atoms with Gasteiger partial charge in [0, 0.05) is 5.39 Å². The van der Waals surface area contributed by atoms with Crippen LogP contribution < -0.4 is 4.74 Å². The fourth-order valence-electron chi connectivity index (χ4n) is 2.27. The van der Waals surface area contributed by atoms with Crippen molar-refractivity contribution in [2.45, 2.75) is 6.92 Å². The van der Waals surface area contributed by atoms with Crippen LogP contribution in [0, 0.1) is 12.7 Å². The van der Waals surface area contributed by atoms with Gasteiger partial charge >= 0.3 is 0 Å². The first-order valence-electron chi connectivity index (χ1n) is 6.47. The second-order valence-corrected chi connectivity index (χ2v) is 4.80. The number of para-hydroxylation sites is 1. The SMILES string of the molecule is COc1ccc(C)cc1C(=O)c1cc2cccc(F)c2o1. The van der Waals surface area contributed by atoms with Crippen LogP contribution in [-0.2, 0) is 0 Å². The molecular weight excluding hydrogens is 271 g/mol. The van der Waals surface area contributed by atoms with Crippen molar-refractivity contribution in [1.29, 1.82) is 0 Å². The van der Waals surface area contributed by atoms with E-state index in [1.165, 1.54) is 13.2 Å². The van der Waals surface area contributed by atoms with Gasteiger partial charge in [-0.1, -0.05) is 23.8 Å². The Bertz CT molecular complexity index is 833. The van der Waals surface area contributed by atoms with E-state index in [1.54, 1.807) is 30.3 Å². The molecule has 0 aliphatic carbocycles. The maximum absolute atomic E-state index is 13.6. The van der Waals surface area contributed by atoms with Crippen molar-refractivity contribution in [3.05, 3.63) is 65.2 Å². The molecule has 0 amide bonds. The molecule has 3 nitrogen and oxygen atoms in total. The molecule has 4 heteroatoms. The Morgan fingerprint density at radius 1 is 1.19 bits per heavy atom. The number of carbonyl (C=O) groups excluding carboxylic acids is 1. The summed E-state index contributed by atoms with van der Waals surface area (Å²) in [4.78, 5) is 12.6. The molecule has 0 bridgehead atoms. The summed E-state index contributed by atoms with van der Waals surface area (Å²) in [5.41, 5.74) is 1.42. The van der Waals surface area contributed by atoms with Crippen molar-refractivity contribution in [1.82, 2.24) is 0 Å². The van der Waals surface area contributed by atoms with Gasteiger partial charge in [-0.3, -0.25) is 4.79 Å². The third-order valence-electron chi connectivity index (χ3n) is 3.32. The van der Waals surface area contributed by atoms with Crippen molar-refractivity contribution in [3.8, 4) is 5.75 Å². The van der Waals surface area contributed by atoms with Gasteiger partial charge in [0.05, 0.1) is 12.7 Å². The Labute approximate surface area is 120 Å². The molecule has 1 aromatic heterocycles. The lowest BCUT2D eigenvalue weighted by atomic mass is 10.0. The van der Waals surface area contributed by atoms with Crippen LogP contribution in [0.3, 0.4) is 0 Å². The average Bonchev–Trinajstić information content (AvgIpc) is 2.92. The van der Waals surface area contributed by atoms with E-state index in [0.29, 0.717) is 16.7 Å². The highest BCUT2D eigenvalue weighted by molar-refractivity contribution is 6.10. The maximum Gasteiger partial charge on any atom is 0.231 e. The molecule has 0 aliphatic heterocycles. The summed E-state index contributed by atoms with van der Waals surface area (Å²) >= 11 is 0. The summed E-state index contributed by atoms with van der Waals surface area (Å²) in [6, 6.07) is 11.4. The number of carbonyl (C=O) groups is 1. The first kappa shape index (κ1) is 13.4. The lowest BCUT2D eigenvalue weighted by Gasteiger charge is -2.07. The average molecular weight is 284 g/mol. The van der Waals surface area contributed by atoms with E-state index in [9.17, 15) is 9.18 Å². The highest BCUT2D eigenvalue weighted by atomic mass is 19.1. The van der Waals surface area contributed by atoms with Crippen LogP contribution in [0.2, 0.25) is 0 Å².